The van der Waals surface area contributed by atoms with Crippen LogP contribution < -0.4 is 11.1 Å². The second kappa shape index (κ2) is 8.81. The number of carbonyl (C=O) groups is 3. The van der Waals surface area contributed by atoms with Gasteiger partial charge in [-0.05, 0) is 38.5 Å². The van der Waals surface area contributed by atoms with Gasteiger partial charge in [-0.15, -0.1) is 0 Å². The first-order valence-electron chi connectivity index (χ1n) is 7.45. The summed E-state index contributed by atoms with van der Waals surface area (Å²) in [5, 5.41) is 2.73. The SMILES string of the molecule is CCN(CC)C(=O)CCCNC(=O)c1cccc(C(N)=O)c1. The van der Waals surface area contributed by atoms with Crippen LogP contribution in [0, 0.1) is 0 Å². The van der Waals surface area contributed by atoms with Crippen molar-refractivity contribution in [3.63, 3.8) is 0 Å². The van der Waals surface area contributed by atoms with Crippen molar-refractivity contribution in [2.75, 3.05) is 19.6 Å². The molecule has 6 heteroatoms. The average molecular weight is 305 g/mol. The second-order valence-electron chi connectivity index (χ2n) is 4.87. The van der Waals surface area contributed by atoms with Gasteiger partial charge in [0.2, 0.25) is 11.8 Å². The number of hydrogen-bond donors (Lipinski definition) is 2. The molecule has 0 saturated heterocycles. The fourth-order valence-corrected chi connectivity index (χ4v) is 2.09. The van der Waals surface area contributed by atoms with Crippen molar-refractivity contribution in [2.24, 2.45) is 5.73 Å². The van der Waals surface area contributed by atoms with Gasteiger partial charge in [0.15, 0.2) is 0 Å². The van der Waals surface area contributed by atoms with Crippen molar-refractivity contribution in [1.82, 2.24) is 10.2 Å². The molecular weight excluding hydrogens is 282 g/mol. The van der Waals surface area contributed by atoms with Crippen LogP contribution in [0.1, 0.15) is 47.4 Å². The predicted molar refractivity (Wildman–Crippen MR) is 84.5 cm³/mol. The Bertz CT molecular complexity index is 539. The number of hydrogen-bond acceptors (Lipinski definition) is 3. The molecule has 0 heterocycles. The van der Waals surface area contributed by atoms with Gasteiger partial charge in [-0.2, -0.15) is 0 Å². The molecule has 0 unspecified atom stereocenters. The summed E-state index contributed by atoms with van der Waals surface area (Å²) in [6, 6.07) is 6.24. The first-order valence-corrected chi connectivity index (χ1v) is 7.45. The summed E-state index contributed by atoms with van der Waals surface area (Å²) in [4.78, 5) is 36.6. The van der Waals surface area contributed by atoms with E-state index in [0.29, 0.717) is 43.6 Å². The minimum Gasteiger partial charge on any atom is -0.366 e. The molecule has 0 fully saturated rings. The Morgan fingerprint density at radius 1 is 1.14 bits per heavy atom. The lowest BCUT2D eigenvalue weighted by atomic mass is 10.1. The summed E-state index contributed by atoms with van der Waals surface area (Å²) in [6.45, 7) is 5.68. The summed E-state index contributed by atoms with van der Waals surface area (Å²) in [5.41, 5.74) is 5.86. The molecule has 0 saturated carbocycles. The molecule has 22 heavy (non-hydrogen) atoms. The van der Waals surface area contributed by atoms with Crippen molar-refractivity contribution < 1.29 is 14.4 Å². The molecule has 0 bridgehead atoms. The molecule has 0 aromatic heterocycles. The number of nitrogens with one attached hydrogen (secondary N) is 1. The molecule has 0 radical (unpaired) electrons. The molecule has 0 aliphatic carbocycles. The van der Waals surface area contributed by atoms with E-state index >= 15 is 0 Å². The Labute approximate surface area is 130 Å². The molecule has 1 rings (SSSR count). The lowest BCUT2D eigenvalue weighted by molar-refractivity contribution is -0.130. The van der Waals surface area contributed by atoms with Crippen molar-refractivity contribution >= 4 is 17.7 Å². The van der Waals surface area contributed by atoms with Crippen LogP contribution in [-0.2, 0) is 4.79 Å². The lowest BCUT2D eigenvalue weighted by Crippen LogP contribution is -2.31. The number of carbonyl (C=O) groups excluding carboxylic acids is 3. The van der Waals surface area contributed by atoms with Crippen LogP contribution in [0.3, 0.4) is 0 Å². The zero-order valence-electron chi connectivity index (χ0n) is 13.1. The fraction of sp³-hybridized carbons (Fsp3) is 0.438. The fourth-order valence-electron chi connectivity index (χ4n) is 2.09. The lowest BCUT2D eigenvalue weighted by Gasteiger charge is -2.18. The smallest absolute Gasteiger partial charge is 0.251 e. The highest BCUT2D eigenvalue weighted by Crippen LogP contribution is 2.05. The van der Waals surface area contributed by atoms with E-state index in [2.05, 4.69) is 5.32 Å². The first-order chi connectivity index (χ1) is 10.5. The quantitative estimate of drug-likeness (QED) is 0.706. The summed E-state index contributed by atoms with van der Waals surface area (Å²) in [6.07, 6.45) is 0.986. The molecule has 120 valence electrons. The van der Waals surface area contributed by atoms with Crippen LogP contribution in [0.2, 0.25) is 0 Å². The van der Waals surface area contributed by atoms with E-state index < -0.39 is 5.91 Å². The molecule has 0 spiro atoms. The molecule has 3 N–H and O–H groups in total. The maximum absolute atomic E-state index is 12.0. The number of primary amides is 1. The summed E-state index contributed by atoms with van der Waals surface area (Å²) < 4.78 is 0. The Kier molecular flexibility index (Phi) is 7.08. The van der Waals surface area contributed by atoms with Gasteiger partial charge in [0, 0.05) is 37.2 Å². The molecule has 0 aliphatic rings. The van der Waals surface area contributed by atoms with E-state index in [0.717, 1.165) is 0 Å². The number of rotatable bonds is 8. The van der Waals surface area contributed by atoms with Gasteiger partial charge in [-0.3, -0.25) is 14.4 Å². The molecule has 0 aliphatic heterocycles. The third-order valence-electron chi connectivity index (χ3n) is 3.38. The van der Waals surface area contributed by atoms with E-state index in [4.69, 9.17) is 5.73 Å². The topological polar surface area (TPSA) is 92.5 Å². The Balaban J connectivity index is 2.42. The van der Waals surface area contributed by atoms with Crippen molar-refractivity contribution in [2.45, 2.75) is 26.7 Å². The van der Waals surface area contributed by atoms with Gasteiger partial charge >= 0.3 is 0 Å². The van der Waals surface area contributed by atoms with Crippen LogP contribution >= 0.6 is 0 Å². The standard InChI is InChI=1S/C16H23N3O3/c1-3-19(4-2)14(20)9-6-10-18-16(22)13-8-5-7-12(11-13)15(17)21/h5,7-8,11H,3-4,6,9-10H2,1-2H3,(H2,17,21)(H,18,22). The molecule has 1 aromatic rings. The molecule has 3 amide bonds. The highest BCUT2D eigenvalue weighted by molar-refractivity contribution is 5.99. The largest absolute Gasteiger partial charge is 0.366 e. The highest BCUT2D eigenvalue weighted by atomic mass is 16.2. The maximum Gasteiger partial charge on any atom is 0.251 e. The monoisotopic (exact) mass is 305 g/mol. The van der Waals surface area contributed by atoms with E-state index in [1.54, 1.807) is 23.1 Å². The Hall–Kier alpha value is -2.37. The van der Waals surface area contributed by atoms with Crippen LogP contribution in [0.5, 0.6) is 0 Å². The van der Waals surface area contributed by atoms with Crippen molar-refractivity contribution in [1.29, 1.82) is 0 Å². The van der Waals surface area contributed by atoms with Gasteiger partial charge in [0.25, 0.3) is 5.91 Å². The molecule has 0 atom stereocenters. The van der Waals surface area contributed by atoms with Crippen LogP contribution in [-0.4, -0.2) is 42.3 Å². The van der Waals surface area contributed by atoms with E-state index in [-0.39, 0.29) is 11.8 Å². The number of benzene rings is 1. The minimum absolute atomic E-state index is 0.0926. The third kappa shape index (κ3) is 5.20. The van der Waals surface area contributed by atoms with Gasteiger partial charge in [0.1, 0.15) is 0 Å². The third-order valence-corrected chi connectivity index (χ3v) is 3.38. The summed E-state index contributed by atoms with van der Waals surface area (Å²) in [7, 11) is 0. The van der Waals surface area contributed by atoms with Gasteiger partial charge < -0.3 is 16.0 Å². The van der Waals surface area contributed by atoms with Gasteiger partial charge in [-0.1, -0.05) is 6.07 Å². The van der Waals surface area contributed by atoms with Crippen LogP contribution in [0.4, 0.5) is 0 Å². The van der Waals surface area contributed by atoms with Gasteiger partial charge in [0.05, 0.1) is 0 Å². The first kappa shape index (κ1) is 17.7. The summed E-state index contributed by atoms with van der Waals surface area (Å²) >= 11 is 0. The number of nitrogens with zero attached hydrogens (tertiary/aromatic N) is 1. The normalized spacial score (nSPS) is 10.1. The molecular formula is C16H23N3O3. The zero-order chi connectivity index (χ0) is 16.5. The molecule has 1 aromatic carbocycles. The average Bonchev–Trinajstić information content (AvgIpc) is 2.52. The maximum atomic E-state index is 12.0. The zero-order valence-corrected chi connectivity index (χ0v) is 13.1. The summed E-state index contributed by atoms with van der Waals surface area (Å²) in [5.74, 6) is -0.757. The van der Waals surface area contributed by atoms with E-state index in [1.165, 1.54) is 6.07 Å². The van der Waals surface area contributed by atoms with Crippen molar-refractivity contribution in [3.8, 4) is 0 Å². The molecule has 6 nitrogen and oxygen atoms in total. The minimum atomic E-state index is -0.570. The predicted octanol–water partition coefficient (Wildman–Crippen LogP) is 1.16. The van der Waals surface area contributed by atoms with E-state index in [1.807, 2.05) is 13.8 Å². The van der Waals surface area contributed by atoms with E-state index in [9.17, 15) is 14.4 Å². The van der Waals surface area contributed by atoms with Gasteiger partial charge in [-0.25, -0.2) is 0 Å². The highest BCUT2D eigenvalue weighted by Gasteiger charge is 2.10. The van der Waals surface area contributed by atoms with Crippen molar-refractivity contribution in [3.05, 3.63) is 35.4 Å². The Morgan fingerprint density at radius 2 is 1.77 bits per heavy atom. The van der Waals surface area contributed by atoms with Crippen LogP contribution in [0.25, 0.3) is 0 Å². The number of amides is 3. The number of nitrogens with two attached hydrogens (primary N) is 1. The Morgan fingerprint density at radius 3 is 2.36 bits per heavy atom. The van der Waals surface area contributed by atoms with Crippen LogP contribution in [0.15, 0.2) is 24.3 Å². The second-order valence-corrected chi connectivity index (χ2v) is 4.87.